The largest absolute Gasteiger partial charge is 0.477 e. The van der Waals surface area contributed by atoms with Gasteiger partial charge in [0.1, 0.15) is 11.4 Å². The molecule has 3 aromatic rings. The number of hydrogen-bond acceptors (Lipinski definition) is 6. The average molecular weight is 398 g/mol. The number of halogens is 1. The Morgan fingerprint density at radius 1 is 1.34 bits per heavy atom. The van der Waals surface area contributed by atoms with E-state index in [4.69, 9.17) is 5.11 Å². The summed E-state index contributed by atoms with van der Waals surface area (Å²) < 4.78 is 16.0. The second-order valence-corrected chi connectivity index (χ2v) is 6.03. The van der Waals surface area contributed by atoms with E-state index in [2.05, 4.69) is 10.5 Å². The average Bonchev–Trinajstić information content (AvgIpc) is 2.69. The Labute approximate surface area is 162 Å². The Morgan fingerprint density at radius 2 is 2.03 bits per heavy atom. The van der Waals surface area contributed by atoms with E-state index in [1.807, 2.05) is 0 Å². The monoisotopic (exact) mass is 398 g/mol. The topological polar surface area (TPSA) is 127 Å². The smallest absolute Gasteiger partial charge is 0.341 e. The predicted molar refractivity (Wildman–Crippen MR) is 105 cm³/mol. The molecule has 0 bridgehead atoms. The molecule has 0 aliphatic carbocycles. The van der Waals surface area contributed by atoms with Crippen molar-refractivity contribution < 1.29 is 19.2 Å². The summed E-state index contributed by atoms with van der Waals surface area (Å²) in [6, 6.07) is 7.95. The number of fused-ring (bicyclic) bond motifs is 1. The van der Waals surface area contributed by atoms with Crippen molar-refractivity contribution in [2.45, 2.75) is 13.5 Å². The van der Waals surface area contributed by atoms with E-state index in [1.54, 1.807) is 6.92 Å². The third-order valence-corrected chi connectivity index (χ3v) is 4.24. The molecular weight excluding hydrogens is 383 g/mol. The summed E-state index contributed by atoms with van der Waals surface area (Å²) in [5.41, 5.74) is 2.17. The van der Waals surface area contributed by atoms with Crippen LogP contribution in [-0.4, -0.2) is 26.8 Å². The molecule has 0 aliphatic heterocycles. The minimum absolute atomic E-state index is 0.0136. The summed E-state index contributed by atoms with van der Waals surface area (Å²) in [6.07, 6.45) is 2.57. The molecule has 0 amide bonds. The number of carboxylic acids is 1. The number of nitro benzene ring substituents is 1. The molecule has 0 atom stereocenters. The highest BCUT2D eigenvalue weighted by Gasteiger charge is 2.16. The minimum Gasteiger partial charge on any atom is -0.477 e. The van der Waals surface area contributed by atoms with Gasteiger partial charge in [-0.15, -0.1) is 0 Å². The lowest BCUT2D eigenvalue weighted by atomic mass is 10.1. The van der Waals surface area contributed by atoms with Crippen molar-refractivity contribution in [1.82, 2.24) is 4.57 Å². The zero-order valence-electron chi connectivity index (χ0n) is 15.1. The zero-order chi connectivity index (χ0) is 21.1. The fraction of sp³-hybridized carbons (Fsp3) is 0.105. The lowest BCUT2D eigenvalue weighted by Gasteiger charge is -2.12. The lowest BCUT2D eigenvalue weighted by molar-refractivity contribution is -0.384. The number of hydrazone groups is 1. The summed E-state index contributed by atoms with van der Waals surface area (Å²) in [4.78, 5) is 33.7. The van der Waals surface area contributed by atoms with Crippen LogP contribution < -0.4 is 10.9 Å². The molecule has 0 spiro atoms. The van der Waals surface area contributed by atoms with Gasteiger partial charge >= 0.3 is 5.97 Å². The van der Waals surface area contributed by atoms with E-state index in [9.17, 15) is 24.1 Å². The van der Waals surface area contributed by atoms with Crippen LogP contribution in [0, 0.1) is 15.9 Å². The molecule has 0 saturated carbocycles. The van der Waals surface area contributed by atoms with Gasteiger partial charge < -0.3 is 9.67 Å². The van der Waals surface area contributed by atoms with Gasteiger partial charge in [0.25, 0.3) is 5.69 Å². The van der Waals surface area contributed by atoms with E-state index < -0.39 is 27.7 Å². The molecule has 2 N–H and O–H groups in total. The van der Waals surface area contributed by atoms with Gasteiger partial charge in [-0.3, -0.25) is 20.3 Å². The molecule has 0 radical (unpaired) electrons. The molecule has 0 saturated heterocycles. The van der Waals surface area contributed by atoms with Crippen LogP contribution in [0.25, 0.3) is 10.9 Å². The molecular formula is C19H15FN4O5. The first-order chi connectivity index (χ1) is 13.8. The summed E-state index contributed by atoms with van der Waals surface area (Å²) in [6.45, 7) is 2.13. The van der Waals surface area contributed by atoms with Gasteiger partial charge in [-0.25, -0.2) is 9.18 Å². The fourth-order valence-corrected chi connectivity index (χ4v) is 2.77. The molecule has 0 fully saturated rings. The number of hydrogen-bond donors (Lipinski definition) is 2. The van der Waals surface area contributed by atoms with Crippen LogP contribution in [0.15, 0.2) is 52.5 Å². The van der Waals surface area contributed by atoms with Crippen molar-refractivity contribution in [2.75, 3.05) is 5.43 Å². The standard InChI is InChI=1S/C19H15FN4O5/c1-2-23-10-14(19(26)27)18(25)13-7-15(20)16(8-17(13)23)22-21-9-11-3-5-12(6-4-11)24(28)29/h3-10,22H,2H2,1H3,(H,26,27)/b21-9-. The van der Waals surface area contributed by atoms with E-state index in [0.717, 1.165) is 6.07 Å². The Bertz CT molecular complexity index is 1200. The van der Waals surface area contributed by atoms with Crippen LogP contribution in [0.3, 0.4) is 0 Å². The van der Waals surface area contributed by atoms with Gasteiger partial charge in [0.2, 0.25) is 5.43 Å². The van der Waals surface area contributed by atoms with Gasteiger partial charge in [-0.05, 0) is 36.8 Å². The van der Waals surface area contributed by atoms with Crippen LogP contribution in [0.1, 0.15) is 22.8 Å². The van der Waals surface area contributed by atoms with Crippen molar-refractivity contribution >= 4 is 34.5 Å². The minimum atomic E-state index is -1.38. The zero-order valence-corrected chi connectivity index (χ0v) is 15.1. The highest BCUT2D eigenvalue weighted by atomic mass is 19.1. The number of nitrogens with zero attached hydrogens (tertiary/aromatic N) is 3. The fourth-order valence-electron chi connectivity index (χ4n) is 2.77. The number of anilines is 1. The summed E-state index contributed by atoms with van der Waals surface area (Å²) in [5.74, 6) is -2.16. The maximum absolute atomic E-state index is 14.4. The maximum atomic E-state index is 14.4. The SMILES string of the molecule is CCn1cc(C(=O)O)c(=O)c2cc(F)c(N/N=C\c3ccc([N+](=O)[O-])cc3)cc21. The van der Waals surface area contributed by atoms with Crippen molar-refractivity contribution in [2.24, 2.45) is 5.10 Å². The normalized spacial score (nSPS) is 11.1. The van der Waals surface area contributed by atoms with Crippen LogP contribution in [0.2, 0.25) is 0 Å². The molecule has 0 unspecified atom stereocenters. The summed E-state index contributed by atoms with van der Waals surface area (Å²) in [7, 11) is 0. The van der Waals surface area contributed by atoms with Crippen LogP contribution in [0.4, 0.5) is 15.8 Å². The molecule has 1 aromatic heterocycles. The Kier molecular flexibility index (Phi) is 5.35. The van der Waals surface area contributed by atoms with Crippen LogP contribution in [0.5, 0.6) is 0 Å². The highest BCUT2D eigenvalue weighted by Crippen LogP contribution is 2.22. The number of carboxylic acid groups (broad SMARTS) is 1. The number of aromatic nitrogens is 1. The van der Waals surface area contributed by atoms with Crippen molar-refractivity contribution in [3.63, 3.8) is 0 Å². The Balaban J connectivity index is 1.95. The van der Waals surface area contributed by atoms with E-state index >= 15 is 0 Å². The quantitative estimate of drug-likeness (QED) is 0.373. The van der Waals surface area contributed by atoms with Crippen LogP contribution in [-0.2, 0) is 6.54 Å². The van der Waals surface area contributed by atoms with Crippen molar-refractivity contribution in [1.29, 1.82) is 0 Å². The second-order valence-electron chi connectivity index (χ2n) is 6.03. The molecule has 10 heteroatoms. The number of carbonyl (C=O) groups is 1. The first kappa shape index (κ1) is 19.7. The molecule has 0 aliphatic rings. The number of non-ortho nitro benzene ring substituents is 1. The molecule has 29 heavy (non-hydrogen) atoms. The summed E-state index contributed by atoms with van der Waals surface area (Å²) >= 11 is 0. The number of pyridine rings is 1. The van der Waals surface area contributed by atoms with E-state index in [-0.39, 0.29) is 16.8 Å². The molecule has 9 nitrogen and oxygen atoms in total. The maximum Gasteiger partial charge on any atom is 0.341 e. The Morgan fingerprint density at radius 3 is 2.62 bits per heavy atom. The van der Waals surface area contributed by atoms with Gasteiger partial charge in [-0.2, -0.15) is 5.10 Å². The Hall–Kier alpha value is -4.08. The second kappa shape index (κ2) is 7.89. The first-order valence-corrected chi connectivity index (χ1v) is 8.45. The number of rotatable bonds is 6. The molecule has 1 heterocycles. The number of benzene rings is 2. The van der Waals surface area contributed by atoms with Crippen LogP contribution >= 0.6 is 0 Å². The molecule has 3 rings (SSSR count). The molecule has 148 valence electrons. The van der Waals surface area contributed by atoms with Gasteiger partial charge in [0, 0.05) is 30.3 Å². The van der Waals surface area contributed by atoms with E-state index in [0.29, 0.717) is 17.6 Å². The lowest BCUT2D eigenvalue weighted by Crippen LogP contribution is -2.19. The van der Waals surface area contributed by atoms with Crippen molar-refractivity contribution in [3.8, 4) is 0 Å². The van der Waals surface area contributed by atoms with E-state index in [1.165, 1.54) is 47.3 Å². The third-order valence-electron chi connectivity index (χ3n) is 4.24. The summed E-state index contributed by atoms with van der Waals surface area (Å²) in [5, 5.41) is 23.7. The van der Waals surface area contributed by atoms with Crippen molar-refractivity contribution in [3.05, 3.63) is 79.9 Å². The molecule has 2 aromatic carbocycles. The van der Waals surface area contributed by atoms with Gasteiger partial charge in [0.15, 0.2) is 0 Å². The van der Waals surface area contributed by atoms with Gasteiger partial charge in [0.05, 0.1) is 22.3 Å². The number of aryl methyl sites for hydroxylation is 1. The third kappa shape index (κ3) is 3.95. The predicted octanol–water partition coefficient (Wildman–Crippen LogP) is 3.21. The first-order valence-electron chi connectivity index (χ1n) is 8.45. The number of nitro groups is 1. The highest BCUT2D eigenvalue weighted by molar-refractivity contribution is 5.93. The number of nitrogens with one attached hydrogen (secondary N) is 1. The number of aromatic carboxylic acids is 1. The van der Waals surface area contributed by atoms with Gasteiger partial charge in [-0.1, -0.05) is 0 Å².